The van der Waals surface area contributed by atoms with E-state index in [2.05, 4.69) is 0 Å². The number of allylic oxidation sites excluding steroid dienone is 8. The second-order valence-corrected chi connectivity index (χ2v) is 24.0. The molecule has 0 radical (unpaired) electrons. The third-order valence-corrected chi connectivity index (χ3v) is 20.3. The summed E-state index contributed by atoms with van der Waals surface area (Å²) in [5.41, 5.74) is -1.95. The number of halogens is 10. The van der Waals surface area contributed by atoms with Gasteiger partial charge in [-0.15, -0.1) is 11.8 Å². The molecule has 0 aliphatic heterocycles. The van der Waals surface area contributed by atoms with Gasteiger partial charge in [-0.1, -0.05) is 49.3 Å². The molecule has 0 amide bonds. The Balaban J connectivity index is 0.000000176. The minimum absolute atomic E-state index is 0.00894. The van der Waals surface area contributed by atoms with Crippen molar-refractivity contribution in [2.75, 3.05) is 12.5 Å². The Kier molecular flexibility index (Phi) is 13.1. The lowest BCUT2D eigenvalue weighted by Gasteiger charge is -2.56. The number of benzene rings is 2. The highest BCUT2D eigenvalue weighted by molar-refractivity contribution is 7.98. The van der Waals surface area contributed by atoms with Crippen molar-refractivity contribution in [3.8, 4) is 0 Å². The van der Waals surface area contributed by atoms with Gasteiger partial charge in [0.15, 0.2) is 11.6 Å². The zero-order chi connectivity index (χ0) is 51.6. The van der Waals surface area contributed by atoms with Gasteiger partial charge in [0.05, 0.1) is 0 Å². The number of rotatable bonds is 6. The molecule has 4 fully saturated rings. The first kappa shape index (κ1) is 52.3. The fourth-order valence-corrected chi connectivity index (χ4v) is 16.1. The Morgan fingerprint density at radius 1 is 0.577 bits per heavy atom. The SMILES string of the molecule is CS(=O)c1ccc([C@H]2C[C@@]3(C)C(CC[C@@]3(O)C(F)(F)C(F)(F)F)C3CCC4=CC(=O)CCC4=C32)cc1.CSc1ccc([C@H]2C[C@@]3(C)C(CC[C@@]3(O)C(F)(F)C(F)(F)F)C3CCC4=CC(=O)CCC4=C32)cc1. The molecule has 0 spiro atoms. The van der Waals surface area contributed by atoms with Crippen molar-refractivity contribution in [3.05, 3.63) is 105 Å². The van der Waals surface area contributed by atoms with Gasteiger partial charge in [-0.3, -0.25) is 13.8 Å². The van der Waals surface area contributed by atoms with E-state index in [-0.39, 0.29) is 49.1 Å². The Labute approximate surface area is 413 Å². The van der Waals surface area contributed by atoms with Gasteiger partial charge in [-0.2, -0.15) is 43.9 Å². The standard InChI is InChI=1S/C27H29F5O3S.C27H29F5O2S/c1-24-14-21(15-3-7-18(8-4-15)36(2)35)23-19-10-6-17(33)13-16(19)5-9-20(23)22(24)11-12-25(24,34)26(28,29)27(30,31)32;1-24-14-21(15-3-7-18(35-2)8-4-15)23-19-10-6-17(33)13-16(19)5-9-20(23)22(24)11-12-25(24,34)26(28,29)27(30,31)32/h3-4,7-8,13,20-22,34H,5-6,9-12,14H2,1-2H3;3-4,7-8,13,20-22,34H,5-6,9-12,14H2,1-2H3/t20?,21-,22?,24+,25+,36?;20?,21-,22?,24+,25+/m11/s1. The molecule has 2 aromatic rings. The Morgan fingerprint density at radius 2 is 0.958 bits per heavy atom. The van der Waals surface area contributed by atoms with Crippen LogP contribution in [0.25, 0.3) is 0 Å². The first-order valence-electron chi connectivity index (χ1n) is 24.4. The third-order valence-electron chi connectivity index (χ3n) is 18.7. The van der Waals surface area contributed by atoms with Crippen LogP contribution in [0.15, 0.2) is 104 Å². The summed E-state index contributed by atoms with van der Waals surface area (Å²) in [4.78, 5) is 25.8. The molecule has 5 nitrogen and oxygen atoms in total. The first-order chi connectivity index (χ1) is 33.0. The normalized spacial score (nSPS) is 35.5. The number of ketones is 2. The van der Waals surface area contributed by atoms with Crippen LogP contribution in [-0.4, -0.2) is 73.9 Å². The topological polar surface area (TPSA) is 91.7 Å². The van der Waals surface area contributed by atoms with Crippen molar-refractivity contribution in [2.24, 2.45) is 34.5 Å². The van der Waals surface area contributed by atoms with Gasteiger partial charge in [0.2, 0.25) is 0 Å². The molecule has 0 heterocycles. The van der Waals surface area contributed by atoms with Crippen molar-refractivity contribution in [1.82, 2.24) is 0 Å². The number of carbonyl (C=O) groups is 2. The van der Waals surface area contributed by atoms with Crippen molar-refractivity contribution in [2.45, 2.75) is 161 Å². The molecule has 71 heavy (non-hydrogen) atoms. The van der Waals surface area contributed by atoms with E-state index in [0.717, 1.165) is 49.5 Å². The van der Waals surface area contributed by atoms with Crippen LogP contribution in [0.5, 0.6) is 0 Å². The second-order valence-electron chi connectivity index (χ2n) is 21.7. The van der Waals surface area contributed by atoms with Gasteiger partial charge in [0.25, 0.3) is 0 Å². The molecule has 0 aromatic heterocycles. The van der Waals surface area contributed by atoms with Gasteiger partial charge in [-0.05, 0) is 177 Å². The summed E-state index contributed by atoms with van der Waals surface area (Å²) in [5.74, 6) is -12.7. The van der Waals surface area contributed by atoms with E-state index >= 15 is 0 Å². The molecule has 10 rings (SSSR count). The summed E-state index contributed by atoms with van der Waals surface area (Å²) in [5, 5.41) is 22.5. The minimum atomic E-state index is -5.87. The van der Waals surface area contributed by atoms with E-state index in [1.54, 1.807) is 48.2 Å². The van der Waals surface area contributed by atoms with Crippen LogP contribution in [-0.2, 0) is 20.4 Å². The zero-order valence-electron chi connectivity index (χ0n) is 39.9. The number of hydrogen-bond donors (Lipinski definition) is 2. The molecule has 2 aromatic carbocycles. The van der Waals surface area contributed by atoms with Crippen LogP contribution < -0.4 is 0 Å². The highest BCUT2D eigenvalue weighted by Gasteiger charge is 2.80. The highest BCUT2D eigenvalue weighted by Crippen LogP contribution is 2.72. The van der Waals surface area contributed by atoms with E-state index in [0.29, 0.717) is 56.3 Å². The van der Waals surface area contributed by atoms with Gasteiger partial charge in [0.1, 0.15) is 11.2 Å². The molecule has 2 N–H and O–H groups in total. The van der Waals surface area contributed by atoms with Gasteiger partial charge in [-0.25, -0.2) is 0 Å². The van der Waals surface area contributed by atoms with Gasteiger partial charge in [0, 0.05) is 62.4 Å². The monoisotopic (exact) mass is 1040 g/mol. The fourth-order valence-electron chi connectivity index (χ4n) is 15.2. The minimum Gasteiger partial charge on any atom is -0.383 e. The maximum absolute atomic E-state index is 15.0. The third kappa shape index (κ3) is 7.94. The maximum atomic E-state index is 15.0. The van der Waals surface area contributed by atoms with E-state index in [9.17, 15) is 67.9 Å². The van der Waals surface area contributed by atoms with E-state index in [4.69, 9.17) is 0 Å². The number of fused-ring (bicyclic) bond motifs is 8. The molecule has 0 saturated heterocycles. The fraction of sp³-hybridized carbons (Fsp3) is 0.593. The van der Waals surface area contributed by atoms with Gasteiger partial charge >= 0.3 is 24.2 Å². The Morgan fingerprint density at radius 3 is 1.31 bits per heavy atom. The van der Waals surface area contributed by atoms with Crippen LogP contribution in [0.1, 0.15) is 127 Å². The largest absolute Gasteiger partial charge is 0.456 e. The summed E-state index contributed by atoms with van der Waals surface area (Å²) in [6.45, 7) is 2.86. The summed E-state index contributed by atoms with van der Waals surface area (Å²) < 4.78 is 153. The average molecular weight is 1040 g/mol. The molecule has 11 atom stereocenters. The van der Waals surface area contributed by atoms with Crippen LogP contribution in [0.3, 0.4) is 0 Å². The molecule has 8 aliphatic carbocycles. The molecule has 5 unspecified atom stereocenters. The molecule has 8 aliphatic rings. The van der Waals surface area contributed by atoms with Crippen LogP contribution >= 0.6 is 11.8 Å². The quantitative estimate of drug-likeness (QED) is 0.221. The highest BCUT2D eigenvalue weighted by atomic mass is 32.2. The van der Waals surface area contributed by atoms with Crippen molar-refractivity contribution in [3.63, 3.8) is 0 Å². The molecular weight excluding hydrogens is 983 g/mol. The Bertz CT molecular complexity index is 2650. The number of aliphatic hydroxyl groups is 2. The lowest BCUT2D eigenvalue weighted by atomic mass is 9.50. The van der Waals surface area contributed by atoms with E-state index in [1.165, 1.54) is 20.1 Å². The van der Waals surface area contributed by atoms with Crippen molar-refractivity contribution < 1.29 is 67.9 Å². The molecule has 386 valence electrons. The molecule has 4 saturated carbocycles. The predicted molar refractivity (Wildman–Crippen MR) is 249 cm³/mol. The average Bonchev–Trinajstić information content (AvgIpc) is 3.76. The number of hydrogen-bond acceptors (Lipinski definition) is 6. The summed E-state index contributed by atoms with van der Waals surface area (Å²) >= 11 is 1.56. The zero-order valence-corrected chi connectivity index (χ0v) is 41.5. The number of carbonyl (C=O) groups excluding carboxylic acids is 2. The van der Waals surface area contributed by atoms with Crippen LogP contribution in [0, 0.1) is 34.5 Å². The molecule has 0 bridgehead atoms. The van der Waals surface area contributed by atoms with Gasteiger partial charge < -0.3 is 10.2 Å². The predicted octanol–water partition coefficient (Wildman–Crippen LogP) is 13.5. The van der Waals surface area contributed by atoms with Crippen LogP contribution in [0.4, 0.5) is 43.9 Å². The summed E-state index contributed by atoms with van der Waals surface area (Å²) in [7, 11) is -1.23. The number of alkyl halides is 10. The van der Waals surface area contributed by atoms with Crippen molar-refractivity contribution >= 4 is 34.1 Å². The maximum Gasteiger partial charge on any atom is 0.456 e. The lowest BCUT2D eigenvalue weighted by Crippen LogP contribution is -2.65. The first-order valence-corrected chi connectivity index (χ1v) is 27.2. The lowest BCUT2D eigenvalue weighted by molar-refractivity contribution is -0.362. The summed E-state index contributed by atoms with van der Waals surface area (Å²) in [6, 6.07) is 14.6. The number of thioether (sulfide) groups is 1. The van der Waals surface area contributed by atoms with E-state index < -0.39 is 93.5 Å². The van der Waals surface area contributed by atoms with Crippen molar-refractivity contribution in [1.29, 1.82) is 0 Å². The van der Waals surface area contributed by atoms with E-state index in [1.807, 2.05) is 30.5 Å². The summed E-state index contributed by atoms with van der Waals surface area (Å²) in [6.07, 6.45) is -1.82. The molecule has 17 heteroatoms. The second kappa shape index (κ2) is 17.8. The van der Waals surface area contributed by atoms with Crippen LogP contribution in [0.2, 0.25) is 0 Å². The molecular formula is C54H58F10O5S2. The smallest absolute Gasteiger partial charge is 0.383 e. The Hall–Kier alpha value is -3.54.